The summed E-state index contributed by atoms with van der Waals surface area (Å²) >= 11 is 6.22. The van der Waals surface area contributed by atoms with Gasteiger partial charge >= 0.3 is 5.97 Å². The van der Waals surface area contributed by atoms with Crippen LogP contribution in [0.3, 0.4) is 0 Å². The lowest BCUT2D eigenvalue weighted by Gasteiger charge is -2.16. The Labute approximate surface area is 194 Å². The van der Waals surface area contributed by atoms with E-state index in [1.54, 1.807) is 11.6 Å². The normalized spacial score (nSPS) is 12.3. The van der Waals surface area contributed by atoms with Crippen LogP contribution in [0.5, 0.6) is 0 Å². The fourth-order valence-corrected chi connectivity index (χ4v) is 4.42. The van der Waals surface area contributed by atoms with Crippen LogP contribution in [0.25, 0.3) is 0 Å². The molecule has 0 fully saturated rings. The average molecular weight is 495 g/mol. The minimum Gasteiger partial charge on any atom is -0.478 e. The Morgan fingerprint density at radius 3 is 2.42 bits per heavy atom. The van der Waals surface area contributed by atoms with Crippen molar-refractivity contribution >= 4 is 44.9 Å². The van der Waals surface area contributed by atoms with Crippen LogP contribution in [0.1, 0.15) is 34.7 Å². The van der Waals surface area contributed by atoms with Gasteiger partial charge in [0.05, 0.1) is 32.6 Å². The molecule has 0 aliphatic heterocycles. The van der Waals surface area contributed by atoms with Crippen molar-refractivity contribution < 1.29 is 27.5 Å². The molecule has 3 aromatic rings. The van der Waals surface area contributed by atoms with Crippen molar-refractivity contribution in [1.29, 1.82) is 0 Å². The number of carbonyl (C=O) groups excluding carboxylic acids is 1. The van der Waals surface area contributed by atoms with Crippen molar-refractivity contribution in [1.82, 2.24) is 9.78 Å². The van der Waals surface area contributed by atoms with Gasteiger partial charge in [-0.2, -0.15) is 5.10 Å². The van der Waals surface area contributed by atoms with Crippen molar-refractivity contribution in [2.24, 2.45) is 0 Å². The average Bonchev–Trinajstić information content (AvgIpc) is 3.06. The molecule has 33 heavy (non-hydrogen) atoms. The highest BCUT2D eigenvalue weighted by molar-refractivity contribution is 7.92. The van der Waals surface area contributed by atoms with Crippen LogP contribution >= 0.6 is 11.6 Å². The van der Waals surface area contributed by atoms with Gasteiger partial charge in [-0.05, 0) is 63.2 Å². The number of halogens is 2. The highest BCUT2D eigenvalue weighted by Gasteiger charge is 2.21. The van der Waals surface area contributed by atoms with Gasteiger partial charge < -0.3 is 10.4 Å². The first-order valence-electron chi connectivity index (χ1n) is 9.58. The summed E-state index contributed by atoms with van der Waals surface area (Å²) in [5.74, 6) is -3.02. The largest absolute Gasteiger partial charge is 0.478 e. The molecule has 1 amide bonds. The third kappa shape index (κ3) is 5.32. The number of nitrogens with zero attached hydrogens (tertiary/aromatic N) is 2. The number of hydrogen-bond acceptors (Lipinski definition) is 5. The van der Waals surface area contributed by atoms with Crippen LogP contribution < -0.4 is 10.0 Å². The Balaban J connectivity index is 1.78. The van der Waals surface area contributed by atoms with E-state index in [-0.39, 0.29) is 22.3 Å². The maximum absolute atomic E-state index is 13.6. The molecule has 2 aromatic carbocycles. The zero-order valence-corrected chi connectivity index (χ0v) is 19.3. The number of sulfonamides is 1. The number of benzene rings is 2. The molecule has 174 valence electrons. The topological polar surface area (TPSA) is 130 Å². The number of aryl methyl sites for hydroxylation is 2. The molecular weight excluding hydrogens is 475 g/mol. The summed E-state index contributed by atoms with van der Waals surface area (Å²) in [6, 6.07) is 7.72. The lowest BCUT2D eigenvalue weighted by Crippen LogP contribution is -2.25. The predicted molar refractivity (Wildman–Crippen MR) is 121 cm³/mol. The van der Waals surface area contributed by atoms with E-state index in [1.807, 2.05) is 19.9 Å². The van der Waals surface area contributed by atoms with Gasteiger partial charge in [0.25, 0.3) is 10.0 Å². The zero-order chi connectivity index (χ0) is 24.5. The standard InChI is InChI=1S/C21H20ClFN4O5S/c1-11-8-12(2)27(25-11)13(3)20(28)24-19-7-4-14(9-17(19)22)26-33(31,32)15-5-6-18(23)16(10-15)21(29)30/h4-10,13,26H,1-3H3,(H,24,28)(H,29,30). The molecule has 1 heterocycles. The fourth-order valence-electron chi connectivity index (χ4n) is 3.12. The monoisotopic (exact) mass is 494 g/mol. The van der Waals surface area contributed by atoms with Crippen LogP contribution in [-0.4, -0.2) is 35.2 Å². The van der Waals surface area contributed by atoms with E-state index in [9.17, 15) is 22.4 Å². The highest BCUT2D eigenvalue weighted by Crippen LogP contribution is 2.28. The number of rotatable bonds is 7. The van der Waals surface area contributed by atoms with E-state index in [0.717, 1.165) is 29.6 Å². The summed E-state index contributed by atoms with van der Waals surface area (Å²) in [4.78, 5) is 23.3. The molecule has 0 saturated heterocycles. The molecule has 0 bridgehead atoms. The summed E-state index contributed by atoms with van der Waals surface area (Å²) in [6.45, 7) is 5.33. The Morgan fingerprint density at radius 1 is 1.15 bits per heavy atom. The van der Waals surface area contributed by atoms with Crippen molar-refractivity contribution in [3.05, 3.63) is 70.3 Å². The molecule has 1 atom stereocenters. The van der Waals surface area contributed by atoms with Gasteiger partial charge in [-0.25, -0.2) is 17.6 Å². The van der Waals surface area contributed by atoms with Crippen LogP contribution in [-0.2, 0) is 14.8 Å². The Morgan fingerprint density at radius 2 is 1.85 bits per heavy atom. The van der Waals surface area contributed by atoms with Crippen LogP contribution in [0, 0.1) is 19.7 Å². The Hall–Kier alpha value is -3.44. The molecule has 3 rings (SSSR count). The molecule has 0 aliphatic carbocycles. The minimum atomic E-state index is -4.23. The number of amides is 1. The quantitative estimate of drug-likeness (QED) is 0.455. The van der Waals surface area contributed by atoms with Gasteiger partial charge in [0.15, 0.2) is 0 Å². The van der Waals surface area contributed by atoms with E-state index >= 15 is 0 Å². The number of carboxylic acid groups (broad SMARTS) is 1. The number of hydrogen-bond donors (Lipinski definition) is 3. The Bertz CT molecular complexity index is 1360. The van der Waals surface area contributed by atoms with E-state index < -0.39 is 38.3 Å². The number of aromatic nitrogens is 2. The summed E-state index contributed by atoms with van der Waals surface area (Å²) in [5.41, 5.74) is 1.14. The van der Waals surface area contributed by atoms with Crippen LogP contribution in [0.15, 0.2) is 47.4 Å². The fraction of sp³-hybridized carbons (Fsp3) is 0.190. The molecule has 0 aliphatic rings. The van der Waals surface area contributed by atoms with Crippen LogP contribution in [0.4, 0.5) is 15.8 Å². The molecule has 3 N–H and O–H groups in total. The summed E-state index contributed by atoms with van der Waals surface area (Å²) in [7, 11) is -4.23. The smallest absolute Gasteiger partial charge is 0.338 e. The van der Waals surface area contributed by atoms with Gasteiger partial charge in [-0.1, -0.05) is 11.6 Å². The molecule has 1 aromatic heterocycles. The number of nitrogens with one attached hydrogen (secondary N) is 2. The third-order valence-corrected chi connectivity index (χ3v) is 6.44. The summed E-state index contributed by atoms with van der Waals surface area (Å²) in [5, 5.41) is 16.0. The van der Waals surface area contributed by atoms with E-state index in [4.69, 9.17) is 16.7 Å². The van der Waals surface area contributed by atoms with Gasteiger partial charge in [0.2, 0.25) is 5.91 Å². The lowest BCUT2D eigenvalue weighted by molar-refractivity contribution is -0.119. The first kappa shape index (κ1) is 24.2. The SMILES string of the molecule is Cc1cc(C)n(C(C)C(=O)Nc2ccc(NS(=O)(=O)c3ccc(F)c(C(=O)O)c3)cc2Cl)n1. The molecule has 0 spiro atoms. The number of aromatic carboxylic acids is 1. The van der Waals surface area contributed by atoms with Gasteiger partial charge in [-0.15, -0.1) is 0 Å². The maximum atomic E-state index is 13.6. The minimum absolute atomic E-state index is 0.0609. The second kappa shape index (κ2) is 9.20. The predicted octanol–water partition coefficient (Wildman–Crippen LogP) is 3.99. The van der Waals surface area contributed by atoms with E-state index in [1.165, 1.54) is 18.2 Å². The first-order valence-corrected chi connectivity index (χ1v) is 11.4. The second-order valence-electron chi connectivity index (χ2n) is 7.28. The molecule has 9 nitrogen and oxygen atoms in total. The van der Waals surface area contributed by atoms with Crippen molar-refractivity contribution in [2.45, 2.75) is 31.7 Å². The third-order valence-electron chi connectivity index (χ3n) is 4.75. The number of anilines is 2. The maximum Gasteiger partial charge on any atom is 0.338 e. The van der Waals surface area contributed by atoms with Gasteiger partial charge in [0.1, 0.15) is 11.9 Å². The zero-order valence-electron chi connectivity index (χ0n) is 17.8. The van der Waals surface area contributed by atoms with Gasteiger partial charge in [0, 0.05) is 5.69 Å². The molecular formula is C21H20ClFN4O5S. The molecule has 12 heteroatoms. The molecule has 0 saturated carbocycles. The number of carboxylic acids is 1. The lowest BCUT2D eigenvalue weighted by atomic mass is 10.2. The van der Waals surface area contributed by atoms with Gasteiger partial charge in [-0.3, -0.25) is 14.2 Å². The summed E-state index contributed by atoms with van der Waals surface area (Å²) < 4.78 is 42.6. The van der Waals surface area contributed by atoms with Crippen molar-refractivity contribution in [3.8, 4) is 0 Å². The number of carbonyl (C=O) groups is 2. The van der Waals surface area contributed by atoms with E-state index in [0.29, 0.717) is 0 Å². The highest BCUT2D eigenvalue weighted by atomic mass is 35.5. The van der Waals surface area contributed by atoms with Crippen molar-refractivity contribution in [2.75, 3.05) is 10.0 Å². The first-order chi connectivity index (χ1) is 15.4. The Kier molecular flexibility index (Phi) is 6.75. The van der Waals surface area contributed by atoms with Crippen molar-refractivity contribution in [3.63, 3.8) is 0 Å². The molecule has 0 radical (unpaired) electrons. The van der Waals surface area contributed by atoms with E-state index in [2.05, 4.69) is 15.1 Å². The van der Waals surface area contributed by atoms with Crippen LogP contribution in [0.2, 0.25) is 5.02 Å². The second-order valence-corrected chi connectivity index (χ2v) is 9.37. The summed E-state index contributed by atoms with van der Waals surface area (Å²) in [6.07, 6.45) is 0. The molecule has 1 unspecified atom stereocenters.